The monoisotopic (exact) mass is 275 g/mol. The average molecular weight is 275 g/mol. The summed E-state index contributed by atoms with van der Waals surface area (Å²) in [7, 11) is -2.01. The molecule has 0 aromatic carbocycles. The first-order valence-electron chi connectivity index (χ1n) is 5.35. The molecule has 0 saturated carbocycles. The SMILES string of the molecule is CCNc1ncnc(NCCS(N)(=O)=O)c1OC. The van der Waals surface area contributed by atoms with E-state index in [1.807, 2.05) is 6.92 Å². The molecule has 0 saturated heterocycles. The number of nitrogens with one attached hydrogen (secondary N) is 2. The van der Waals surface area contributed by atoms with Gasteiger partial charge in [-0.1, -0.05) is 0 Å². The van der Waals surface area contributed by atoms with E-state index < -0.39 is 10.0 Å². The molecule has 0 radical (unpaired) electrons. The van der Waals surface area contributed by atoms with Crippen LogP contribution >= 0.6 is 0 Å². The maximum absolute atomic E-state index is 10.8. The topological polar surface area (TPSA) is 119 Å². The van der Waals surface area contributed by atoms with E-state index in [0.29, 0.717) is 23.9 Å². The van der Waals surface area contributed by atoms with Crippen LogP contribution in [0.5, 0.6) is 5.75 Å². The number of sulfonamides is 1. The number of nitrogens with zero attached hydrogens (tertiary/aromatic N) is 2. The molecule has 1 aromatic rings. The second kappa shape index (κ2) is 6.36. The number of rotatable bonds is 7. The minimum Gasteiger partial charge on any atom is -0.490 e. The average Bonchev–Trinajstić information content (AvgIpc) is 2.28. The fourth-order valence-electron chi connectivity index (χ4n) is 1.30. The van der Waals surface area contributed by atoms with Crippen molar-refractivity contribution in [3.8, 4) is 5.75 Å². The largest absolute Gasteiger partial charge is 0.490 e. The first-order chi connectivity index (χ1) is 8.48. The standard InChI is InChI=1S/C9H17N5O3S/c1-3-11-8-7(17-2)9(14-6-13-8)12-4-5-18(10,15)16/h6H,3-5H2,1-2H3,(H2,10,15,16)(H2,11,12,13,14). The normalized spacial score (nSPS) is 11.1. The third-order valence-electron chi connectivity index (χ3n) is 2.03. The Bertz CT molecular complexity index is 491. The Hall–Kier alpha value is -1.61. The second-order valence-corrected chi connectivity index (χ2v) is 5.16. The van der Waals surface area contributed by atoms with E-state index in [1.54, 1.807) is 0 Å². The van der Waals surface area contributed by atoms with Crippen LogP contribution in [0.4, 0.5) is 11.6 Å². The van der Waals surface area contributed by atoms with Gasteiger partial charge in [0, 0.05) is 13.1 Å². The van der Waals surface area contributed by atoms with Crippen LogP contribution in [0.15, 0.2) is 6.33 Å². The highest BCUT2D eigenvalue weighted by Gasteiger charge is 2.11. The van der Waals surface area contributed by atoms with Crippen LogP contribution in [0.25, 0.3) is 0 Å². The Morgan fingerprint density at radius 1 is 1.33 bits per heavy atom. The molecule has 18 heavy (non-hydrogen) atoms. The molecule has 0 bridgehead atoms. The van der Waals surface area contributed by atoms with E-state index in [-0.39, 0.29) is 12.3 Å². The lowest BCUT2D eigenvalue weighted by Gasteiger charge is -2.13. The zero-order chi connectivity index (χ0) is 13.6. The molecule has 1 heterocycles. The lowest BCUT2D eigenvalue weighted by Crippen LogP contribution is -2.23. The number of hydrogen-bond donors (Lipinski definition) is 3. The van der Waals surface area contributed by atoms with Crippen molar-refractivity contribution >= 4 is 21.7 Å². The minimum absolute atomic E-state index is 0.151. The van der Waals surface area contributed by atoms with Gasteiger partial charge >= 0.3 is 0 Å². The highest BCUT2D eigenvalue weighted by atomic mass is 32.2. The van der Waals surface area contributed by atoms with Crippen LogP contribution in [-0.2, 0) is 10.0 Å². The predicted octanol–water partition coefficient (Wildman–Crippen LogP) is -0.383. The fourth-order valence-corrected chi connectivity index (χ4v) is 1.68. The van der Waals surface area contributed by atoms with Gasteiger partial charge < -0.3 is 15.4 Å². The molecule has 0 unspecified atom stereocenters. The van der Waals surface area contributed by atoms with Crippen molar-refractivity contribution < 1.29 is 13.2 Å². The summed E-state index contributed by atoms with van der Waals surface area (Å²) < 4.78 is 26.8. The lowest BCUT2D eigenvalue weighted by molar-refractivity contribution is 0.414. The first kappa shape index (κ1) is 14.5. The molecule has 102 valence electrons. The number of ether oxygens (including phenoxy) is 1. The highest BCUT2D eigenvalue weighted by Crippen LogP contribution is 2.28. The fraction of sp³-hybridized carbons (Fsp3) is 0.556. The van der Waals surface area contributed by atoms with E-state index in [0.717, 1.165) is 0 Å². The molecular weight excluding hydrogens is 258 g/mol. The van der Waals surface area contributed by atoms with Crippen LogP contribution in [0, 0.1) is 0 Å². The van der Waals surface area contributed by atoms with Crippen molar-refractivity contribution in [3.63, 3.8) is 0 Å². The van der Waals surface area contributed by atoms with Crippen molar-refractivity contribution in [3.05, 3.63) is 6.33 Å². The van der Waals surface area contributed by atoms with E-state index in [9.17, 15) is 8.42 Å². The van der Waals surface area contributed by atoms with Gasteiger partial charge in [0.2, 0.25) is 15.8 Å². The Kier molecular flexibility index (Phi) is 5.10. The summed E-state index contributed by atoms with van der Waals surface area (Å²) in [5, 5.41) is 10.8. The van der Waals surface area contributed by atoms with Crippen molar-refractivity contribution in [1.82, 2.24) is 9.97 Å². The van der Waals surface area contributed by atoms with Crippen molar-refractivity contribution in [2.75, 3.05) is 36.6 Å². The van der Waals surface area contributed by atoms with Gasteiger partial charge in [0.05, 0.1) is 12.9 Å². The number of anilines is 2. The van der Waals surface area contributed by atoms with Gasteiger partial charge in [-0.05, 0) is 6.92 Å². The van der Waals surface area contributed by atoms with Gasteiger partial charge in [0.15, 0.2) is 11.6 Å². The maximum Gasteiger partial charge on any atom is 0.210 e. The van der Waals surface area contributed by atoms with Crippen molar-refractivity contribution in [2.45, 2.75) is 6.92 Å². The van der Waals surface area contributed by atoms with Crippen LogP contribution in [0.1, 0.15) is 6.92 Å². The predicted molar refractivity (Wildman–Crippen MR) is 69.2 cm³/mol. The molecule has 1 aromatic heterocycles. The summed E-state index contributed by atoms with van der Waals surface area (Å²) in [5.41, 5.74) is 0. The highest BCUT2D eigenvalue weighted by molar-refractivity contribution is 7.89. The molecule has 0 fully saturated rings. The molecule has 8 nitrogen and oxygen atoms in total. The van der Waals surface area contributed by atoms with E-state index in [2.05, 4.69) is 20.6 Å². The quantitative estimate of drug-likeness (QED) is 0.620. The molecule has 1 rings (SSSR count). The molecule has 0 aliphatic carbocycles. The Morgan fingerprint density at radius 2 is 1.94 bits per heavy atom. The van der Waals surface area contributed by atoms with Gasteiger partial charge in [-0.3, -0.25) is 0 Å². The minimum atomic E-state index is -3.50. The summed E-state index contributed by atoms with van der Waals surface area (Å²) >= 11 is 0. The summed E-state index contributed by atoms with van der Waals surface area (Å²) in [5.74, 6) is 1.23. The summed E-state index contributed by atoms with van der Waals surface area (Å²) in [6, 6.07) is 0. The lowest BCUT2D eigenvalue weighted by atomic mass is 10.4. The smallest absolute Gasteiger partial charge is 0.210 e. The molecular formula is C9H17N5O3S. The Labute approximate surface area is 106 Å². The second-order valence-electron chi connectivity index (χ2n) is 3.43. The third kappa shape index (κ3) is 4.34. The van der Waals surface area contributed by atoms with Crippen LogP contribution in [-0.4, -0.2) is 44.3 Å². The zero-order valence-electron chi connectivity index (χ0n) is 10.3. The molecule has 9 heteroatoms. The van der Waals surface area contributed by atoms with E-state index >= 15 is 0 Å². The van der Waals surface area contributed by atoms with Gasteiger partial charge in [0.1, 0.15) is 6.33 Å². The van der Waals surface area contributed by atoms with Crippen molar-refractivity contribution in [2.24, 2.45) is 5.14 Å². The van der Waals surface area contributed by atoms with Crippen LogP contribution in [0.2, 0.25) is 0 Å². The van der Waals surface area contributed by atoms with Crippen molar-refractivity contribution in [1.29, 1.82) is 0 Å². The van der Waals surface area contributed by atoms with Gasteiger partial charge in [-0.2, -0.15) is 0 Å². The molecule has 4 N–H and O–H groups in total. The zero-order valence-corrected chi connectivity index (χ0v) is 11.1. The van der Waals surface area contributed by atoms with Gasteiger partial charge in [0.25, 0.3) is 0 Å². The Balaban J connectivity index is 2.78. The molecule has 0 aliphatic heterocycles. The van der Waals surface area contributed by atoms with E-state index in [1.165, 1.54) is 13.4 Å². The summed E-state index contributed by atoms with van der Waals surface area (Å²) in [4.78, 5) is 8.02. The van der Waals surface area contributed by atoms with Crippen LogP contribution in [0.3, 0.4) is 0 Å². The first-order valence-corrected chi connectivity index (χ1v) is 7.06. The molecule has 0 spiro atoms. The third-order valence-corrected chi connectivity index (χ3v) is 2.80. The number of primary sulfonamides is 1. The van der Waals surface area contributed by atoms with E-state index in [4.69, 9.17) is 9.88 Å². The number of nitrogens with two attached hydrogens (primary N) is 1. The molecule has 0 amide bonds. The summed E-state index contributed by atoms with van der Waals surface area (Å²) in [6.45, 7) is 2.76. The summed E-state index contributed by atoms with van der Waals surface area (Å²) in [6.07, 6.45) is 1.36. The molecule has 0 aliphatic rings. The van der Waals surface area contributed by atoms with Crippen LogP contribution < -0.4 is 20.5 Å². The maximum atomic E-state index is 10.8. The molecule has 0 atom stereocenters. The van der Waals surface area contributed by atoms with Gasteiger partial charge in [-0.25, -0.2) is 23.5 Å². The Morgan fingerprint density at radius 3 is 2.44 bits per heavy atom. The van der Waals surface area contributed by atoms with Gasteiger partial charge in [-0.15, -0.1) is 0 Å². The number of hydrogen-bond acceptors (Lipinski definition) is 7. The number of methoxy groups -OCH3 is 1. The number of aromatic nitrogens is 2.